The van der Waals surface area contributed by atoms with E-state index in [9.17, 15) is 9.59 Å². The van der Waals surface area contributed by atoms with Gasteiger partial charge < -0.3 is 18.9 Å². The fraction of sp³-hybridized carbons (Fsp3) is 0.219. The molecule has 0 amide bonds. The molecule has 0 radical (unpaired) electrons. The standard InChI is InChI=1S/C32H26Br3ClN2O6S/c1-5-43-31(40)27-16(2)37-32-38(28(27)19-13-24(41-3)25(42-4)14-20(19)33)30(39)26(45-32)12-17-10-21(34)29(22(35)11-17)44-15-18-8-6-7-9-23(18)36/h6-14,28H,5,15H2,1-4H3/b26-12-/t28-/m0/s1. The summed E-state index contributed by atoms with van der Waals surface area (Å²) in [6.07, 6.45) is 1.78. The van der Waals surface area contributed by atoms with Gasteiger partial charge in [0.2, 0.25) is 0 Å². The third-order valence-corrected chi connectivity index (χ3v) is 10.2. The van der Waals surface area contributed by atoms with Crippen LogP contribution in [0, 0.1) is 0 Å². The number of fused-ring (bicyclic) bond motifs is 1. The number of aromatic nitrogens is 1. The molecule has 45 heavy (non-hydrogen) atoms. The molecule has 3 aromatic carbocycles. The summed E-state index contributed by atoms with van der Waals surface area (Å²) in [5.41, 5.74) is 2.62. The second-order valence-electron chi connectivity index (χ2n) is 9.72. The lowest BCUT2D eigenvalue weighted by atomic mass is 9.95. The highest BCUT2D eigenvalue weighted by atomic mass is 79.9. The lowest BCUT2D eigenvalue weighted by molar-refractivity contribution is -0.139. The molecule has 1 aliphatic heterocycles. The van der Waals surface area contributed by atoms with Gasteiger partial charge in [-0.2, -0.15) is 0 Å². The Hall–Kier alpha value is -2.90. The lowest BCUT2D eigenvalue weighted by Gasteiger charge is -2.26. The van der Waals surface area contributed by atoms with Gasteiger partial charge in [-0.15, -0.1) is 0 Å². The maximum atomic E-state index is 14.1. The van der Waals surface area contributed by atoms with E-state index < -0.39 is 12.0 Å². The zero-order valence-corrected chi connectivity index (χ0v) is 30.8. The van der Waals surface area contributed by atoms with Crippen molar-refractivity contribution in [1.82, 2.24) is 4.57 Å². The normalized spacial score (nSPS) is 14.6. The van der Waals surface area contributed by atoms with Gasteiger partial charge in [0, 0.05) is 15.1 Å². The Morgan fingerprint density at radius 2 is 1.71 bits per heavy atom. The number of esters is 1. The van der Waals surface area contributed by atoms with Crippen LogP contribution in [0.3, 0.4) is 0 Å². The SMILES string of the molecule is CCOC(=O)C1=C(C)N=c2s/c(=C\c3cc(Br)c(OCc4ccccc4Cl)c(Br)c3)c(=O)n2[C@H]1c1cc(OC)c(OC)cc1Br. The molecule has 13 heteroatoms. The van der Waals surface area contributed by atoms with Crippen LogP contribution in [-0.4, -0.2) is 31.4 Å². The molecule has 0 aliphatic carbocycles. The van der Waals surface area contributed by atoms with Crippen molar-refractivity contribution in [2.24, 2.45) is 4.99 Å². The van der Waals surface area contributed by atoms with Crippen molar-refractivity contribution >= 4 is 82.8 Å². The van der Waals surface area contributed by atoms with E-state index in [0.29, 0.717) is 56.3 Å². The molecule has 0 spiro atoms. The van der Waals surface area contributed by atoms with Crippen LogP contribution in [-0.2, 0) is 16.1 Å². The minimum atomic E-state index is -0.837. The van der Waals surface area contributed by atoms with Crippen LogP contribution in [0.1, 0.15) is 36.6 Å². The summed E-state index contributed by atoms with van der Waals surface area (Å²) in [4.78, 5) is 32.5. The average molecular weight is 842 g/mol. The van der Waals surface area contributed by atoms with Gasteiger partial charge in [-0.3, -0.25) is 9.36 Å². The van der Waals surface area contributed by atoms with Crippen molar-refractivity contribution in [3.63, 3.8) is 0 Å². The molecule has 0 bridgehead atoms. The first-order valence-corrected chi connectivity index (χ1v) is 17.1. The molecule has 1 aromatic heterocycles. The van der Waals surface area contributed by atoms with E-state index >= 15 is 0 Å². The zero-order valence-electron chi connectivity index (χ0n) is 24.5. The number of hydrogen-bond donors (Lipinski definition) is 0. The van der Waals surface area contributed by atoms with E-state index in [2.05, 4.69) is 52.8 Å². The first kappa shape index (κ1) is 33.5. The Morgan fingerprint density at radius 1 is 1.04 bits per heavy atom. The number of hydrogen-bond acceptors (Lipinski definition) is 8. The maximum Gasteiger partial charge on any atom is 0.338 e. The van der Waals surface area contributed by atoms with Crippen LogP contribution < -0.4 is 29.1 Å². The van der Waals surface area contributed by atoms with Crippen molar-refractivity contribution in [3.8, 4) is 17.2 Å². The minimum Gasteiger partial charge on any atom is -0.493 e. The maximum absolute atomic E-state index is 14.1. The molecular weight excluding hydrogens is 816 g/mol. The fourth-order valence-electron chi connectivity index (χ4n) is 4.88. The number of nitrogens with zero attached hydrogens (tertiary/aromatic N) is 2. The molecule has 0 saturated heterocycles. The van der Waals surface area contributed by atoms with Gasteiger partial charge in [-0.1, -0.05) is 57.1 Å². The molecule has 0 fully saturated rings. The number of thiazole rings is 1. The van der Waals surface area contributed by atoms with Gasteiger partial charge in [0.05, 0.1) is 51.6 Å². The molecule has 1 aliphatic rings. The second kappa shape index (κ2) is 14.3. The predicted molar refractivity (Wildman–Crippen MR) is 185 cm³/mol. The first-order chi connectivity index (χ1) is 21.6. The lowest BCUT2D eigenvalue weighted by Crippen LogP contribution is -2.40. The van der Waals surface area contributed by atoms with Gasteiger partial charge in [0.25, 0.3) is 5.56 Å². The first-order valence-electron chi connectivity index (χ1n) is 13.5. The molecule has 0 saturated carbocycles. The Morgan fingerprint density at radius 3 is 2.36 bits per heavy atom. The molecular formula is C32H26Br3ClN2O6S. The van der Waals surface area contributed by atoms with Crippen LogP contribution in [0.2, 0.25) is 5.02 Å². The summed E-state index contributed by atoms with van der Waals surface area (Å²) >= 11 is 18.4. The number of ether oxygens (including phenoxy) is 4. The summed E-state index contributed by atoms with van der Waals surface area (Å²) in [6, 6.07) is 13.9. The summed E-state index contributed by atoms with van der Waals surface area (Å²) in [5, 5.41) is 0.622. The van der Waals surface area contributed by atoms with Gasteiger partial charge in [0.1, 0.15) is 12.4 Å². The van der Waals surface area contributed by atoms with Crippen LogP contribution in [0.5, 0.6) is 17.2 Å². The quantitative estimate of drug-likeness (QED) is 0.164. The number of carbonyl (C=O) groups is 1. The summed E-state index contributed by atoms with van der Waals surface area (Å²) in [5.74, 6) is 0.984. The summed E-state index contributed by atoms with van der Waals surface area (Å²) in [6.45, 7) is 3.92. The second-order valence-corrected chi connectivity index (χ2v) is 13.7. The van der Waals surface area contributed by atoms with Gasteiger partial charge in [0.15, 0.2) is 16.3 Å². The smallest absolute Gasteiger partial charge is 0.338 e. The number of allylic oxidation sites excluding steroid dienone is 1. The molecule has 2 heterocycles. The summed E-state index contributed by atoms with van der Waals surface area (Å²) in [7, 11) is 3.06. The molecule has 4 aromatic rings. The third kappa shape index (κ3) is 6.80. The molecule has 0 N–H and O–H groups in total. The van der Waals surface area contributed by atoms with E-state index in [4.69, 9.17) is 30.5 Å². The molecule has 1 atom stereocenters. The Kier molecular flexibility index (Phi) is 10.6. The fourth-order valence-corrected chi connectivity index (χ4v) is 8.11. The zero-order chi connectivity index (χ0) is 32.4. The predicted octanol–water partition coefficient (Wildman–Crippen LogP) is 7.34. The minimum absolute atomic E-state index is 0.168. The molecule has 5 rings (SSSR count). The van der Waals surface area contributed by atoms with Crippen molar-refractivity contribution in [2.75, 3.05) is 20.8 Å². The Balaban J connectivity index is 1.61. The van der Waals surface area contributed by atoms with Crippen LogP contribution in [0.25, 0.3) is 6.08 Å². The largest absolute Gasteiger partial charge is 0.493 e. The van der Waals surface area contributed by atoms with E-state index in [-0.39, 0.29) is 24.3 Å². The number of carbonyl (C=O) groups excluding carboxylic acids is 1. The number of methoxy groups -OCH3 is 2. The molecule has 8 nitrogen and oxygen atoms in total. The highest BCUT2D eigenvalue weighted by molar-refractivity contribution is 9.11. The van der Waals surface area contributed by atoms with Crippen molar-refractivity contribution < 1.29 is 23.7 Å². The monoisotopic (exact) mass is 838 g/mol. The van der Waals surface area contributed by atoms with Gasteiger partial charge >= 0.3 is 5.97 Å². The number of rotatable bonds is 9. The number of halogens is 4. The van der Waals surface area contributed by atoms with E-state index in [1.54, 1.807) is 32.1 Å². The van der Waals surface area contributed by atoms with Crippen molar-refractivity contribution in [3.05, 3.63) is 115 Å². The van der Waals surface area contributed by atoms with Crippen molar-refractivity contribution in [2.45, 2.75) is 26.5 Å². The van der Waals surface area contributed by atoms with Gasteiger partial charge in [-0.05, 0) is 93.2 Å². The van der Waals surface area contributed by atoms with E-state index in [1.807, 2.05) is 36.4 Å². The molecule has 0 unspecified atom stereocenters. The topological polar surface area (TPSA) is 88.4 Å². The van der Waals surface area contributed by atoms with Crippen LogP contribution in [0.15, 0.2) is 83.0 Å². The van der Waals surface area contributed by atoms with Crippen LogP contribution in [0.4, 0.5) is 0 Å². The molecule has 234 valence electrons. The Bertz CT molecular complexity index is 2000. The van der Waals surface area contributed by atoms with Gasteiger partial charge in [-0.25, -0.2) is 9.79 Å². The van der Waals surface area contributed by atoms with Crippen LogP contribution >= 0.6 is 70.7 Å². The van der Waals surface area contributed by atoms with Crippen molar-refractivity contribution in [1.29, 1.82) is 0 Å². The summed E-state index contributed by atoms with van der Waals surface area (Å²) < 4.78 is 26.4. The third-order valence-electron chi connectivity index (χ3n) is 6.96. The number of benzene rings is 3. The van der Waals surface area contributed by atoms with E-state index in [1.165, 1.54) is 30.1 Å². The average Bonchev–Trinajstić information content (AvgIpc) is 3.30. The highest BCUT2D eigenvalue weighted by Crippen LogP contribution is 2.41. The Labute approximate surface area is 293 Å². The van der Waals surface area contributed by atoms with E-state index in [0.717, 1.165) is 11.1 Å². The highest BCUT2D eigenvalue weighted by Gasteiger charge is 2.35.